The van der Waals surface area contributed by atoms with Crippen LogP contribution in [-0.4, -0.2) is 122 Å². The zero-order chi connectivity index (χ0) is 56.9. The van der Waals surface area contributed by atoms with Crippen LogP contribution >= 0.6 is 0 Å². The molecular weight excluding hydrogens is 987 g/mol. The van der Waals surface area contributed by atoms with Gasteiger partial charge in [-0.15, -0.1) is 0 Å². The second-order valence-electron chi connectivity index (χ2n) is 17.1. The van der Waals surface area contributed by atoms with Gasteiger partial charge in [0.1, 0.15) is 32.7 Å². The van der Waals surface area contributed by atoms with Crippen molar-refractivity contribution in [1.29, 1.82) is 0 Å². The van der Waals surface area contributed by atoms with Crippen molar-refractivity contribution >= 4 is 56.8 Å². The fourth-order valence-electron chi connectivity index (χ4n) is 7.27. The number of carbonyl (C=O) groups is 5. The number of fused-ring (bicyclic) bond motifs is 5. The van der Waals surface area contributed by atoms with Gasteiger partial charge in [0.05, 0.1) is 41.8 Å². The predicted molar refractivity (Wildman–Crippen MR) is 293 cm³/mol. The second-order valence-corrected chi connectivity index (χ2v) is 19.0. The molecule has 4 heterocycles. The number of para-hydroxylation sites is 1. The summed E-state index contributed by atoms with van der Waals surface area (Å²) >= 11 is 0. The van der Waals surface area contributed by atoms with Crippen LogP contribution in [0.25, 0.3) is 22.3 Å². The van der Waals surface area contributed by atoms with Gasteiger partial charge in [0.2, 0.25) is 27.9 Å². The zero-order valence-corrected chi connectivity index (χ0v) is 47.1. The highest BCUT2D eigenvalue weighted by Gasteiger charge is 2.38. The van der Waals surface area contributed by atoms with Crippen molar-refractivity contribution in [3.8, 4) is 11.4 Å². The lowest BCUT2D eigenvalue weighted by atomic mass is 9.97. The number of nitrogens with two attached hydrogens (primary N) is 1. The molecule has 6 N–H and O–H groups in total. The van der Waals surface area contributed by atoms with Crippen molar-refractivity contribution < 1.29 is 56.4 Å². The number of rotatable bonds is 20. The predicted octanol–water partition coefficient (Wildman–Crippen LogP) is 6.55. The van der Waals surface area contributed by atoms with Gasteiger partial charge >= 0.3 is 12.1 Å². The van der Waals surface area contributed by atoms with E-state index in [-0.39, 0.29) is 75.4 Å². The number of aliphatic hydroxyl groups is 1. The number of amides is 2. The van der Waals surface area contributed by atoms with Gasteiger partial charge in [0, 0.05) is 46.9 Å². The number of unbranched alkanes of at least 4 members (excludes halogenated alkanes) is 1. The molecule has 1 atom stereocenters. The van der Waals surface area contributed by atoms with E-state index in [1.165, 1.54) is 28.0 Å². The van der Waals surface area contributed by atoms with E-state index < -0.39 is 45.6 Å². The average Bonchev–Trinajstić information content (AvgIpc) is 3.76. The molecule has 0 saturated carbocycles. The molecule has 0 bridgehead atoms. The first kappa shape index (κ1) is 66.9. The number of cyclic esters (lactones) is 1. The van der Waals surface area contributed by atoms with Gasteiger partial charge in [-0.3, -0.25) is 14.4 Å². The van der Waals surface area contributed by atoms with Gasteiger partial charge in [-0.05, 0) is 95.9 Å². The molecule has 418 valence electrons. The Kier molecular flexibility index (Phi) is 30.8. The van der Waals surface area contributed by atoms with E-state index in [2.05, 4.69) is 36.7 Å². The van der Waals surface area contributed by atoms with Crippen molar-refractivity contribution in [2.24, 2.45) is 5.73 Å². The summed E-state index contributed by atoms with van der Waals surface area (Å²) in [6, 6.07) is 15.0. The van der Waals surface area contributed by atoms with E-state index in [0.29, 0.717) is 40.9 Å². The second kappa shape index (κ2) is 34.5. The number of anilines is 1. The zero-order valence-electron chi connectivity index (χ0n) is 46.3. The number of hydrogen-bond acceptors (Lipinski definition) is 16. The third kappa shape index (κ3) is 20.9. The molecule has 2 amide bonds. The lowest BCUT2D eigenvalue weighted by Crippen LogP contribution is -2.37. The van der Waals surface area contributed by atoms with Crippen molar-refractivity contribution in [3.05, 3.63) is 92.8 Å². The highest BCUT2D eigenvalue weighted by atomic mass is 32.2. The van der Waals surface area contributed by atoms with Gasteiger partial charge in [0.15, 0.2) is 0 Å². The number of ether oxygens (including phenoxy) is 4. The van der Waals surface area contributed by atoms with Gasteiger partial charge in [-0.25, -0.2) is 23.0 Å². The van der Waals surface area contributed by atoms with Crippen molar-refractivity contribution in [2.75, 3.05) is 58.1 Å². The van der Waals surface area contributed by atoms with Crippen LogP contribution in [0.3, 0.4) is 0 Å². The minimum atomic E-state index is -3.50. The van der Waals surface area contributed by atoms with Crippen LogP contribution in [0.5, 0.6) is 0 Å². The molecule has 75 heavy (non-hydrogen) atoms. The van der Waals surface area contributed by atoms with E-state index in [1.54, 1.807) is 44.2 Å². The van der Waals surface area contributed by atoms with Gasteiger partial charge in [-0.2, -0.15) is 4.31 Å². The van der Waals surface area contributed by atoms with E-state index in [0.717, 1.165) is 29.5 Å². The van der Waals surface area contributed by atoms with Crippen LogP contribution in [0.1, 0.15) is 129 Å². The number of esters is 1. The molecule has 21 heteroatoms. The fraction of sp³-hybridized carbons (Fsp3) is 0.537. The maximum absolute atomic E-state index is 13.9. The minimum absolute atomic E-state index is 0.0920. The summed E-state index contributed by atoms with van der Waals surface area (Å²) in [5.41, 5.74) is 9.13. The molecule has 0 saturated heterocycles. The lowest BCUT2D eigenvalue weighted by Gasteiger charge is -2.24. The number of aldehydes is 1. The molecule has 1 unspecified atom stereocenters. The number of nitrogens with one attached hydrogen (secondary N) is 3. The van der Waals surface area contributed by atoms with Crippen LogP contribution in [0.2, 0.25) is 0 Å². The third-order valence-electron chi connectivity index (χ3n) is 11.2. The van der Waals surface area contributed by atoms with Crippen molar-refractivity contribution in [2.45, 2.75) is 139 Å². The van der Waals surface area contributed by atoms with Gasteiger partial charge < -0.3 is 55.1 Å². The monoisotopic (exact) mass is 1070 g/mol. The first-order valence-electron chi connectivity index (χ1n) is 25.6. The molecule has 2 aromatic carbocycles. The Hall–Kier alpha value is -6.10. The molecule has 0 fully saturated rings. The lowest BCUT2D eigenvalue weighted by molar-refractivity contribution is -0.159. The maximum atomic E-state index is 13.9. The van der Waals surface area contributed by atoms with Crippen LogP contribution in [0.15, 0.2) is 59.4 Å². The summed E-state index contributed by atoms with van der Waals surface area (Å²) in [6.07, 6.45) is 2.43. The van der Waals surface area contributed by atoms with Crippen LogP contribution < -0.4 is 27.2 Å². The van der Waals surface area contributed by atoms with Crippen LogP contribution in [0, 0.1) is 0 Å². The molecule has 6 rings (SSSR count). The standard InChI is InChI=1S/C38H39N5O12S.C6H15NO.C4H11N.3C2H6/c1-22(2)43(56(3,50)51)13-12-25-26-6-4-5-7-30(26)41-34-28(25)18-42-31(34)16-27-29(36(42)47)20-53-37(48)35(27)55-38(49)54-19-23-8-10-24(11-9-23)40-32(45)17-39-33(46)21-52-15-14-44;1-6(2,7-3)4-5-8;1-2-3-4-5;3*1-2/h4-11,14,16,22,35H,12-13,15,17-21H2,1-3H3,(H,39,46)(H,40,45);7-8H,4-5H2,1-3H3;2-5H2,1H3;3*1-2H3. The molecule has 2 aliphatic rings. The molecule has 4 aromatic rings. The molecule has 0 spiro atoms. The number of pyridine rings is 2. The number of hydrogen-bond donors (Lipinski definition) is 5. The largest absolute Gasteiger partial charge is 0.509 e. The first-order valence-corrected chi connectivity index (χ1v) is 27.4. The summed E-state index contributed by atoms with van der Waals surface area (Å²) in [5, 5.41) is 17.4. The number of aromatic nitrogens is 2. The van der Waals surface area contributed by atoms with Gasteiger partial charge in [-0.1, -0.05) is 85.2 Å². The molecule has 0 aliphatic carbocycles. The van der Waals surface area contributed by atoms with Crippen LogP contribution in [0.4, 0.5) is 10.5 Å². The van der Waals surface area contributed by atoms with E-state index in [1.807, 2.05) is 72.9 Å². The molecule has 2 aliphatic heterocycles. The van der Waals surface area contributed by atoms with E-state index in [4.69, 9.17) is 34.8 Å². The van der Waals surface area contributed by atoms with Crippen molar-refractivity contribution in [1.82, 2.24) is 24.5 Å². The Morgan fingerprint density at radius 1 is 1.01 bits per heavy atom. The Morgan fingerprint density at radius 2 is 1.67 bits per heavy atom. The molecule has 0 radical (unpaired) electrons. The number of carbonyl (C=O) groups excluding carboxylic acids is 5. The normalized spacial score (nSPS) is 12.9. The SMILES string of the molecule is CC.CC.CC.CC(C)N(CCc1c2c(nc3ccccc13)-c1cc3c(c(=O)n1C2)COC(=O)C3OC(=O)OCc1ccc(NC(=O)CNC(=O)COCC=O)cc1)S(C)(=O)=O.CCCCN.CNC(C)(C)CCO. The highest BCUT2D eigenvalue weighted by Crippen LogP contribution is 2.39. The first-order chi connectivity index (χ1) is 35.8. The quantitative estimate of drug-likeness (QED) is 0.0314. The number of nitrogens with zero attached hydrogens (tertiary/aromatic N) is 3. The summed E-state index contributed by atoms with van der Waals surface area (Å²) in [5.74, 6) is -1.96. The highest BCUT2D eigenvalue weighted by molar-refractivity contribution is 7.88. The summed E-state index contributed by atoms with van der Waals surface area (Å²) in [4.78, 5) is 78.8. The topological polar surface area (TPSA) is 277 Å². The minimum Gasteiger partial charge on any atom is -0.458 e. The summed E-state index contributed by atoms with van der Waals surface area (Å²) in [7, 11) is -1.60. The summed E-state index contributed by atoms with van der Waals surface area (Å²) in [6.45, 7) is 21.8. The maximum Gasteiger partial charge on any atom is 0.509 e. The molecular formula is C54H83N7O13S. The number of sulfonamides is 1. The molecule has 2 aromatic heterocycles. The summed E-state index contributed by atoms with van der Waals surface area (Å²) < 4.78 is 48.8. The Bertz CT molecular complexity index is 2600. The Balaban J connectivity index is 0.00000128. The fourth-order valence-corrected chi connectivity index (χ4v) is 8.46. The third-order valence-corrected chi connectivity index (χ3v) is 12.6. The van der Waals surface area contributed by atoms with Crippen LogP contribution in [-0.2, 0) is 74.3 Å². The number of aliphatic hydroxyl groups excluding tert-OH is 1. The van der Waals surface area contributed by atoms with Crippen molar-refractivity contribution in [3.63, 3.8) is 0 Å². The molecule has 20 nitrogen and oxygen atoms in total. The van der Waals surface area contributed by atoms with E-state index in [9.17, 15) is 37.2 Å². The smallest absolute Gasteiger partial charge is 0.458 e. The Labute approximate surface area is 443 Å². The number of benzene rings is 2. The van der Waals surface area contributed by atoms with Gasteiger partial charge in [0.25, 0.3) is 5.56 Å². The van der Waals surface area contributed by atoms with E-state index >= 15 is 0 Å². The average molecular weight is 1070 g/mol. The Morgan fingerprint density at radius 3 is 2.21 bits per heavy atom.